The lowest BCUT2D eigenvalue weighted by molar-refractivity contribution is 0.0821. The molecule has 4 atom stereocenters. The average Bonchev–Trinajstić information content (AvgIpc) is 3.37. The fourth-order valence-corrected chi connectivity index (χ4v) is 2.84. The molecule has 2 aliphatic rings. The van der Waals surface area contributed by atoms with Crippen LogP contribution >= 0.6 is 7.82 Å². The maximum atomic E-state index is 12.0. The number of rotatable bonds is 8. The van der Waals surface area contributed by atoms with E-state index in [0.717, 1.165) is 5.56 Å². The summed E-state index contributed by atoms with van der Waals surface area (Å²) in [5.74, 6) is 0.698. The first-order valence-corrected chi connectivity index (χ1v) is 8.10. The third-order valence-corrected chi connectivity index (χ3v) is 4.18. The van der Waals surface area contributed by atoms with E-state index >= 15 is 0 Å². The molecule has 7 nitrogen and oxygen atoms in total. The molecule has 1 aromatic carbocycles. The van der Waals surface area contributed by atoms with Gasteiger partial charge in [-0.3, -0.25) is 9.05 Å². The van der Waals surface area contributed by atoms with Crippen molar-refractivity contribution in [1.82, 2.24) is 0 Å². The fourth-order valence-electron chi connectivity index (χ4n) is 1.88. The van der Waals surface area contributed by atoms with Crippen molar-refractivity contribution >= 4 is 7.82 Å². The Morgan fingerprint density at radius 3 is 2.52 bits per heavy atom. The van der Waals surface area contributed by atoms with Gasteiger partial charge in [-0.2, -0.15) is 0 Å². The summed E-state index contributed by atoms with van der Waals surface area (Å²) in [5.41, 5.74) is 0.735. The lowest BCUT2D eigenvalue weighted by Gasteiger charge is -2.19. The Morgan fingerprint density at radius 1 is 1.33 bits per heavy atom. The molecule has 2 heterocycles. The highest BCUT2D eigenvalue weighted by molar-refractivity contribution is 7.47. The highest BCUT2D eigenvalue weighted by atomic mass is 31.2. The molecule has 2 fully saturated rings. The third kappa shape index (κ3) is 4.26. The lowest BCUT2D eigenvalue weighted by atomic mass is 10.1. The molecule has 21 heavy (non-hydrogen) atoms. The van der Waals surface area contributed by atoms with E-state index < -0.39 is 13.9 Å². The first-order valence-electron chi connectivity index (χ1n) is 6.60. The van der Waals surface area contributed by atoms with Gasteiger partial charge in [-0.1, -0.05) is 12.1 Å². The van der Waals surface area contributed by atoms with Gasteiger partial charge in [0.05, 0.1) is 26.9 Å². The van der Waals surface area contributed by atoms with Gasteiger partial charge >= 0.3 is 7.82 Å². The summed E-state index contributed by atoms with van der Waals surface area (Å²) in [6, 6.07) is 7.06. The minimum atomic E-state index is -4.15. The molecule has 0 aliphatic carbocycles. The number of benzene rings is 1. The Labute approximate surface area is 122 Å². The van der Waals surface area contributed by atoms with Crippen molar-refractivity contribution < 1.29 is 32.7 Å². The minimum absolute atomic E-state index is 0.0502. The van der Waals surface area contributed by atoms with Crippen LogP contribution in [0, 0.1) is 0 Å². The van der Waals surface area contributed by atoms with Crippen molar-refractivity contribution in [2.24, 2.45) is 0 Å². The van der Waals surface area contributed by atoms with Gasteiger partial charge < -0.3 is 19.1 Å². The molecule has 1 N–H and O–H groups in total. The van der Waals surface area contributed by atoms with Gasteiger partial charge in [-0.15, -0.1) is 0 Å². The summed E-state index contributed by atoms with van der Waals surface area (Å²) in [6.07, 6.45) is -0.989. The van der Waals surface area contributed by atoms with Gasteiger partial charge in [0.15, 0.2) is 0 Å². The zero-order chi connectivity index (χ0) is 14.9. The standard InChI is InChI=1S/C13H17O7P/c1-16-10-4-2-9(3-5-10)13(12-8-18-12)20-21(14,15)19-7-11-6-17-11/h2-5,11-13H,6-8H2,1H3,(H,14,15). The summed E-state index contributed by atoms with van der Waals surface area (Å²) >= 11 is 0. The second-order valence-electron chi connectivity index (χ2n) is 4.89. The van der Waals surface area contributed by atoms with Gasteiger partial charge in [0, 0.05) is 0 Å². The Morgan fingerprint density at radius 2 is 2.00 bits per heavy atom. The quantitative estimate of drug-likeness (QED) is 0.576. The number of phosphoric acid groups is 1. The van der Waals surface area contributed by atoms with Crippen LogP contribution in [-0.2, 0) is 23.1 Å². The zero-order valence-corrected chi connectivity index (χ0v) is 12.4. The van der Waals surface area contributed by atoms with Crippen molar-refractivity contribution in [2.75, 3.05) is 26.9 Å². The Bertz CT molecular complexity index is 524. The summed E-state index contributed by atoms with van der Waals surface area (Å²) in [6.45, 7) is 1.09. The van der Waals surface area contributed by atoms with E-state index in [9.17, 15) is 9.46 Å². The fraction of sp³-hybridized carbons (Fsp3) is 0.538. The normalized spacial score (nSPS) is 27.7. The molecule has 0 aromatic heterocycles. The summed E-state index contributed by atoms with van der Waals surface area (Å²) in [7, 11) is -2.58. The molecule has 3 rings (SSSR count). The predicted octanol–water partition coefficient (Wildman–Crippen LogP) is 1.67. The Balaban J connectivity index is 1.66. The third-order valence-electron chi connectivity index (χ3n) is 3.21. The molecule has 0 saturated carbocycles. The molecular formula is C13H17O7P. The maximum Gasteiger partial charge on any atom is 0.472 e. The Hall–Kier alpha value is -0.950. The van der Waals surface area contributed by atoms with Crippen LogP contribution in [0.2, 0.25) is 0 Å². The summed E-state index contributed by atoms with van der Waals surface area (Å²) in [4.78, 5) is 9.78. The van der Waals surface area contributed by atoms with E-state index in [0.29, 0.717) is 19.0 Å². The molecule has 116 valence electrons. The van der Waals surface area contributed by atoms with Crippen LogP contribution < -0.4 is 4.74 Å². The predicted molar refractivity (Wildman–Crippen MR) is 72.1 cm³/mol. The molecule has 0 radical (unpaired) electrons. The highest BCUT2D eigenvalue weighted by Crippen LogP contribution is 2.51. The van der Waals surface area contributed by atoms with Gasteiger partial charge in [0.2, 0.25) is 0 Å². The second-order valence-corrected chi connectivity index (χ2v) is 6.30. The van der Waals surface area contributed by atoms with Gasteiger partial charge in [0.25, 0.3) is 0 Å². The number of methoxy groups -OCH3 is 1. The molecule has 0 bridgehead atoms. The van der Waals surface area contributed by atoms with Crippen LogP contribution in [0.25, 0.3) is 0 Å². The molecule has 2 saturated heterocycles. The molecule has 4 unspecified atom stereocenters. The largest absolute Gasteiger partial charge is 0.497 e. The van der Waals surface area contributed by atoms with Crippen molar-refractivity contribution in [3.8, 4) is 5.75 Å². The molecule has 0 spiro atoms. The number of hydrogen-bond acceptors (Lipinski definition) is 6. The molecule has 2 aliphatic heterocycles. The van der Waals surface area contributed by atoms with Crippen molar-refractivity contribution in [3.05, 3.63) is 29.8 Å². The van der Waals surface area contributed by atoms with Crippen molar-refractivity contribution in [3.63, 3.8) is 0 Å². The topological polar surface area (TPSA) is 90.1 Å². The molecule has 1 aromatic rings. The van der Waals surface area contributed by atoms with E-state index in [1.165, 1.54) is 0 Å². The number of epoxide rings is 2. The van der Waals surface area contributed by atoms with E-state index in [1.54, 1.807) is 31.4 Å². The van der Waals surface area contributed by atoms with Crippen LogP contribution in [0.5, 0.6) is 5.75 Å². The minimum Gasteiger partial charge on any atom is -0.497 e. The van der Waals surface area contributed by atoms with Crippen LogP contribution in [0.3, 0.4) is 0 Å². The van der Waals surface area contributed by atoms with Gasteiger partial charge in [-0.25, -0.2) is 4.57 Å². The molecular weight excluding hydrogens is 299 g/mol. The first kappa shape index (κ1) is 15.0. The zero-order valence-electron chi connectivity index (χ0n) is 11.5. The maximum absolute atomic E-state index is 12.0. The monoisotopic (exact) mass is 316 g/mol. The SMILES string of the molecule is COc1ccc(C(OP(=O)(O)OCC2CO2)C2CO2)cc1. The number of hydrogen-bond donors (Lipinski definition) is 1. The smallest absolute Gasteiger partial charge is 0.472 e. The van der Waals surface area contributed by atoms with Crippen LogP contribution in [0.1, 0.15) is 11.7 Å². The van der Waals surface area contributed by atoms with E-state index in [4.69, 9.17) is 23.3 Å². The lowest BCUT2D eigenvalue weighted by Crippen LogP contribution is -2.12. The highest BCUT2D eigenvalue weighted by Gasteiger charge is 2.41. The van der Waals surface area contributed by atoms with Crippen molar-refractivity contribution in [2.45, 2.75) is 18.3 Å². The average molecular weight is 316 g/mol. The summed E-state index contributed by atoms with van der Waals surface area (Å²) < 4.78 is 37.3. The van der Waals surface area contributed by atoms with Crippen LogP contribution in [0.4, 0.5) is 0 Å². The first-order chi connectivity index (χ1) is 10.1. The van der Waals surface area contributed by atoms with Gasteiger partial charge in [0.1, 0.15) is 24.1 Å². The van der Waals surface area contributed by atoms with E-state index in [-0.39, 0.29) is 18.8 Å². The van der Waals surface area contributed by atoms with Gasteiger partial charge in [-0.05, 0) is 17.7 Å². The van der Waals surface area contributed by atoms with Crippen LogP contribution in [0.15, 0.2) is 24.3 Å². The Kier molecular flexibility index (Phi) is 4.31. The molecule has 0 amide bonds. The summed E-state index contributed by atoms with van der Waals surface area (Å²) in [5, 5.41) is 0. The number of phosphoric ester groups is 1. The van der Waals surface area contributed by atoms with E-state index in [1.807, 2.05) is 0 Å². The molecule has 8 heteroatoms. The van der Waals surface area contributed by atoms with E-state index in [2.05, 4.69) is 0 Å². The van der Waals surface area contributed by atoms with Crippen LogP contribution in [-0.4, -0.2) is 44.0 Å². The second kappa shape index (κ2) is 6.04. The van der Waals surface area contributed by atoms with Crippen molar-refractivity contribution in [1.29, 1.82) is 0 Å². The number of ether oxygens (including phenoxy) is 3.